The van der Waals surface area contributed by atoms with Crippen LogP contribution in [0.15, 0.2) is 48.8 Å². The molecule has 5 N–H and O–H groups in total. The number of para-hydroxylation sites is 2. The summed E-state index contributed by atoms with van der Waals surface area (Å²) in [4.78, 5) is 49.6. The molecule has 0 spiro atoms. The number of benzene rings is 2. The number of hydrogen-bond donors (Lipinski definition) is 4. The van der Waals surface area contributed by atoms with E-state index in [0.717, 1.165) is 44.3 Å². The molecule has 4 aromatic rings. The third-order valence-corrected chi connectivity index (χ3v) is 14.9. The SMILES string of the molecule is C#CCOCCC.CCCO.CCCOCc1cn(CC(=O)C[C@@H](Cc2cccc(C(=O)OC(C)(C)C)c2OC)B2O[C@@H]3C[C@@H]4C[C@@H](C4(C)C)[C@]3(C)O2)nn1.ClB(Cl)Cl.NCCOCc1cn(CC(=O)C[C@H]2Cc3cccc(C(=O)O)c3OB2O)nn1. The van der Waals surface area contributed by atoms with Crippen LogP contribution in [0.25, 0.3) is 0 Å². The van der Waals surface area contributed by atoms with Gasteiger partial charge in [-0.05, 0) is 113 Å². The first-order chi connectivity index (χ1) is 41.3. The molecule has 0 radical (unpaired) electrons. The molecule has 6 atom stereocenters. The Labute approximate surface area is 527 Å². The van der Waals surface area contributed by atoms with Crippen molar-refractivity contribution in [3.05, 3.63) is 82.4 Å². The number of nitrogens with two attached hydrogens (primary N) is 1. The van der Waals surface area contributed by atoms with Crippen molar-refractivity contribution in [2.45, 2.75) is 175 Å². The molecule has 0 amide bonds. The largest absolute Gasteiger partial charge is 0.535 e. The molecule has 9 rings (SSSR count). The lowest BCUT2D eigenvalue weighted by Gasteiger charge is -2.64. The minimum Gasteiger partial charge on any atom is -0.535 e. The van der Waals surface area contributed by atoms with Gasteiger partial charge in [-0.3, -0.25) is 9.59 Å². The van der Waals surface area contributed by atoms with Crippen molar-refractivity contribution in [1.29, 1.82) is 0 Å². The lowest BCUT2D eigenvalue weighted by atomic mass is 9.43. The van der Waals surface area contributed by atoms with Crippen LogP contribution in [0.4, 0.5) is 0 Å². The van der Waals surface area contributed by atoms with Crippen LogP contribution >= 0.6 is 34.4 Å². The topological polar surface area (TPSA) is 290 Å². The van der Waals surface area contributed by atoms with Crippen molar-refractivity contribution in [2.75, 3.05) is 46.7 Å². The van der Waals surface area contributed by atoms with Crippen molar-refractivity contribution < 1.29 is 72.1 Å². The number of ketones is 2. The predicted molar refractivity (Wildman–Crippen MR) is 334 cm³/mol. The Morgan fingerprint density at radius 1 is 0.897 bits per heavy atom. The Morgan fingerprint density at radius 3 is 2.03 bits per heavy atom. The van der Waals surface area contributed by atoms with Crippen LogP contribution in [0.5, 0.6) is 11.5 Å². The highest BCUT2D eigenvalue weighted by Gasteiger charge is 2.68. The van der Waals surface area contributed by atoms with E-state index in [1.807, 2.05) is 46.8 Å². The summed E-state index contributed by atoms with van der Waals surface area (Å²) in [5, 5.41) is 43.4. The highest BCUT2D eigenvalue weighted by molar-refractivity contribution is 7.54. The zero-order chi connectivity index (χ0) is 64.5. The Kier molecular flexibility index (Phi) is 31.2. The number of carboxylic acids is 1. The number of aromatic nitrogens is 6. The molecular formula is C59H87B3Cl3N7O15. The minimum absolute atomic E-state index is 0.00618. The number of fused-ring (bicyclic) bond motifs is 1. The quantitative estimate of drug-likeness (QED) is 0.0198. The van der Waals surface area contributed by atoms with Crippen LogP contribution < -0.4 is 15.1 Å². The summed E-state index contributed by atoms with van der Waals surface area (Å²) in [6, 6.07) is 10.2. The number of aliphatic hydroxyl groups excluding tert-OH is 1. The molecule has 5 aliphatic rings. The van der Waals surface area contributed by atoms with E-state index in [4.69, 9.17) is 89.3 Å². The monoisotopic (exact) mass is 1270 g/mol. The van der Waals surface area contributed by atoms with Crippen molar-refractivity contribution in [3.63, 3.8) is 0 Å². The standard InChI is InChI=1S/C33H48BN3O7.C17H21BN4O6.C6H10O.C3H8O.BCl3/c1-9-13-41-20-24-18-37(36-35-24)19-25(38)17-23(34-43-28-16-22-15-27(32(22,5)6)33(28,7)44-34)14-21-11-10-12-26(29(21)40-8)30(39)42-31(2,3)4;19-4-5-27-10-13-8-22(21-20-13)9-14(23)7-12-6-11-2-1-3-15(17(24)25)16(11)28-18(12)26;1-3-5-7-6-4-2;1-2-3-4;2-1(3)4/h10-12,18,22-23,27-28H,9,13-17,19-20H2,1-8H3;1-3,8,12,26H,4-7,9-10,19H2,(H,24,25);1H,4-6H2,2H3;4H,2-3H2,1H3;/t22-,23+,27-,28+,33-;12-;;;/m01.../s1. The van der Waals surface area contributed by atoms with E-state index in [1.165, 1.54) is 10.7 Å². The van der Waals surface area contributed by atoms with Crippen molar-refractivity contribution >= 4 is 77.1 Å². The van der Waals surface area contributed by atoms with Crippen LogP contribution in [0.1, 0.15) is 150 Å². The number of methoxy groups -OCH3 is 1. The summed E-state index contributed by atoms with van der Waals surface area (Å²) < 4.78 is 49.1. The molecule has 2 aromatic heterocycles. The van der Waals surface area contributed by atoms with E-state index < -0.39 is 48.2 Å². The van der Waals surface area contributed by atoms with E-state index in [1.54, 1.807) is 42.4 Å². The smallest absolute Gasteiger partial charge is 0.526 e. The summed E-state index contributed by atoms with van der Waals surface area (Å²) in [5.74, 6) is 1.45. The number of carbonyl (C=O) groups is 4. The van der Waals surface area contributed by atoms with Gasteiger partial charge in [0.25, 0.3) is 0 Å². The number of nitrogens with zero attached hydrogens (tertiary/aromatic N) is 6. The maximum absolute atomic E-state index is 13.6. The molecule has 4 fully saturated rings. The fourth-order valence-electron chi connectivity index (χ4n) is 10.9. The summed E-state index contributed by atoms with van der Waals surface area (Å²) in [6.07, 6.45) is 14.2. The molecule has 478 valence electrons. The Bertz CT molecular complexity index is 2830. The Balaban J connectivity index is 0.000000319. The fourth-order valence-corrected chi connectivity index (χ4v) is 10.9. The van der Waals surface area contributed by atoms with Crippen LogP contribution in [0.3, 0.4) is 0 Å². The second-order valence-electron chi connectivity index (χ2n) is 23.3. The summed E-state index contributed by atoms with van der Waals surface area (Å²) in [7, 11) is -0.284. The van der Waals surface area contributed by atoms with E-state index in [-0.39, 0.29) is 72.8 Å². The van der Waals surface area contributed by atoms with Gasteiger partial charge in [0.1, 0.15) is 53.7 Å². The molecule has 2 aliphatic heterocycles. The Hall–Kier alpha value is -5.10. The second-order valence-corrected chi connectivity index (χ2v) is 25.3. The van der Waals surface area contributed by atoms with Gasteiger partial charge >= 0.3 is 31.1 Å². The number of carboxylic acid groups (broad SMARTS) is 1. The predicted octanol–water partition coefficient (Wildman–Crippen LogP) is 8.49. The number of halogens is 3. The number of esters is 1. The third-order valence-electron chi connectivity index (χ3n) is 14.9. The molecule has 2 aromatic carbocycles. The van der Waals surface area contributed by atoms with Gasteiger partial charge in [0.15, 0.2) is 11.6 Å². The van der Waals surface area contributed by atoms with Crippen molar-refractivity contribution in [2.24, 2.45) is 23.0 Å². The molecule has 22 nitrogen and oxygen atoms in total. The van der Waals surface area contributed by atoms with Crippen LogP contribution in [0, 0.1) is 29.6 Å². The fraction of sp³-hybridized carbons (Fsp3) is 0.627. The highest BCUT2D eigenvalue weighted by atomic mass is 35.6. The molecule has 3 aliphatic carbocycles. The number of aromatic carboxylic acids is 1. The molecule has 0 unspecified atom stereocenters. The molecular weight excluding hydrogens is 1190 g/mol. The van der Waals surface area contributed by atoms with Crippen LogP contribution in [-0.2, 0) is 77.0 Å². The first kappa shape index (κ1) is 74.4. The lowest BCUT2D eigenvalue weighted by Crippen LogP contribution is -2.65. The summed E-state index contributed by atoms with van der Waals surface area (Å²) in [5.41, 5.74) is 7.56. The molecule has 28 heteroatoms. The van der Waals surface area contributed by atoms with Gasteiger partial charge in [-0.15, -0.1) is 16.6 Å². The normalized spacial score (nSPS) is 19.6. The number of rotatable bonds is 26. The number of terminal acetylenes is 1. The molecule has 4 heterocycles. The maximum Gasteiger partial charge on any atom is 0.526 e. The van der Waals surface area contributed by atoms with Gasteiger partial charge < -0.3 is 58.6 Å². The molecule has 1 saturated heterocycles. The molecule has 87 heavy (non-hydrogen) atoms. The van der Waals surface area contributed by atoms with Crippen molar-refractivity contribution in [3.8, 4) is 23.8 Å². The number of carbonyl (C=O) groups excluding carboxylic acids is 3. The van der Waals surface area contributed by atoms with Gasteiger partial charge in [0.2, 0.25) is 0 Å². The van der Waals surface area contributed by atoms with Gasteiger partial charge in [0, 0.05) is 50.8 Å². The Morgan fingerprint density at radius 2 is 1.48 bits per heavy atom. The third kappa shape index (κ3) is 23.0. The number of ether oxygens (including phenoxy) is 5. The van der Waals surface area contributed by atoms with Gasteiger partial charge in [-0.25, -0.2) is 19.0 Å². The summed E-state index contributed by atoms with van der Waals surface area (Å²) in [6.45, 7) is 22.1. The second kappa shape index (κ2) is 36.5. The first-order valence-electron chi connectivity index (χ1n) is 29.4. The van der Waals surface area contributed by atoms with Gasteiger partial charge in [-0.1, -0.05) is 75.2 Å². The van der Waals surface area contributed by atoms with E-state index >= 15 is 0 Å². The highest BCUT2D eigenvalue weighted by Crippen LogP contribution is 2.66. The zero-order valence-electron chi connectivity index (χ0n) is 51.9. The zero-order valence-corrected chi connectivity index (χ0v) is 54.2. The van der Waals surface area contributed by atoms with E-state index in [2.05, 4.69) is 54.2 Å². The van der Waals surface area contributed by atoms with Gasteiger partial charge in [-0.2, -0.15) is 34.4 Å². The minimum atomic E-state index is -1.26. The average molecular weight is 1270 g/mol. The maximum atomic E-state index is 13.6. The van der Waals surface area contributed by atoms with Crippen molar-refractivity contribution in [1.82, 2.24) is 30.0 Å². The average Bonchev–Trinajstić information content (AvgIpc) is 1.68. The molecule has 2 bridgehead atoms. The van der Waals surface area contributed by atoms with Gasteiger partial charge in [0.05, 0.1) is 56.6 Å². The van der Waals surface area contributed by atoms with Crippen LogP contribution in [0.2, 0.25) is 11.6 Å². The summed E-state index contributed by atoms with van der Waals surface area (Å²) >= 11 is 14.4. The lowest BCUT2D eigenvalue weighted by molar-refractivity contribution is -0.199. The molecule has 3 saturated carbocycles. The van der Waals surface area contributed by atoms with E-state index in [9.17, 15) is 29.3 Å². The number of aliphatic hydroxyl groups is 1. The number of Topliss-reactive ketones (excluding diaryl/α,β-unsaturated/α-hetero) is 2. The first-order valence-corrected chi connectivity index (χ1v) is 30.7. The van der Waals surface area contributed by atoms with E-state index in [0.29, 0.717) is 92.5 Å². The number of hydrogen-bond acceptors (Lipinski definition) is 19. The van der Waals surface area contributed by atoms with Crippen LogP contribution in [-0.4, -0.2) is 152 Å².